The number of benzene rings is 1. The SMILES string of the molecule is CNCC1CCN(C(=O)C(C)N2C(=O)c3ccc(C)cc3C2=O)CC1. The molecule has 1 atom stereocenters. The molecule has 2 heterocycles. The molecule has 6 heteroatoms. The topological polar surface area (TPSA) is 69.7 Å². The van der Waals surface area contributed by atoms with Gasteiger partial charge in [0.2, 0.25) is 5.91 Å². The molecule has 0 bridgehead atoms. The van der Waals surface area contributed by atoms with Crippen LogP contribution in [0.4, 0.5) is 0 Å². The highest BCUT2D eigenvalue weighted by atomic mass is 16.2. The quantitative estimate of drug-likeness (QED) is 0.840. The van der Waals surface area contributed by atoms with Crippen molar-refractivity contribution in [2.75, 3.05) is 26.7 Å². The van der Waals surface area contributed by atoms with E-state index in [1.807, 2.05) is 20.0 Å². The Hall–Kier alpha value is -2.21. The Morgan fingerprint density at radius 1 is 1.20 bits per heavy atom. The Bertz CT molecular complexity index is 708. The van der Waals surface area contributed by atoms with E-state index >= 15 is 0 Å². The van der Waals surface area contributed by atoms with Gasteiger partial charge in [-0.05, 0) is 58.3 Å². The Morgan fingerprint density at radius 2 is 1.84 bits per heavy atom. The zero-order valence-electron chi connectivity index (χ0n) is 15.0. The second kappa shape index (κ2) is 6.96. The number of piperidine rings is 1. The van der Waals surface area contributed by atoms with E-state index in [4.69, 9.17) is 0 Å². The smallest absolute Gasteiger partial charge is 0.262 e. The van der Waals surface area contributed by atoms with Crippen molar-refractivity contribution >= 4 is 17.7 Å². The number of amides is 3. The zero-order chi connectivity index (χ0) is 18.1. The molecule has 3 amide bonds. The Labute approximate surface area is 148 Å². The van der Waals surface area contributed by atoms with Crippen LogP contribution in [0.1, 0.15) is 46.0 Å². The first kappa shape index (κ1) is 17.6. The summed E-state index contributed by atoms with van der Waals surface area (Å²) in [5, 5.41) is 3.17. The van der Waals surface area contributed by atoms with Gasteiger partial charge in [0, 0.05) is 13.1 Å². The molecule has 0 radical (unpaired) electrons. The number of fused-ring (bicyclic) bond motifs is 1. The fraction of sp³-hybridized carbons (Fsp3) is 0.526. The third-order valence-corrected chi connectivity index (χ3v) is 5.24. The van der Waals surface area contributed by atoms with Crippen LogP contribution >= 0.6 is 0 Å². The molecule has 1 unspecified atom stereocenters. The summed E-state index contributed by atoms with van der Waals surface area (Å²) in [4.78, 5) is 41.0. The monoisotopic (exact) mass is 343 g/mol. The van der Waals surface area contributed by atoms with E-state index in [-0.39, 0.29) is 17.7 Å². The lowest BCUT2D eigenvalue weighted by Gasteiger charge is -2.35. The molecule has 0 spiro atoms. The van der Waals surface area contributed by atoms with Crippen LogP contribution < -0.4 is 5.32 Å². The Kier molecular flexibility index (Phi) is 4.90. The van der Waals surface area contributed by atoms with Crippen molar-refractivity contribution in [2.24, 2.45) is 5.92 Å². The summed E-state index contributed by atoms with van der Waals surface area (Å²) in [6.45, 7) is 5.84. The van der Waals surface area contributed by atoms with E-state index in [0.29, 0.717) is 30.1 Å². The van der Waals surface area contributed by atoms with Crippen LogP contribution in [0.3, 0.4) is 0 Å². The maximum atomic E-state index is 12.8. The van der Waals surface area contributed by atoms with E-state index in [1.165, 1.54) is 0 Å². The van der Waals surface area contributed by atoms with Gasteiger partial charge in [-0.1, -0.05) is 11.6 Å². The number of aryl methyl sites for hydroxylation is 1. The minimum absolute atomic E-state index is 0.144. The number of hydrogen-bond donors (Lipinski definition) is 1. The number of likely N-dealkylation sites (tertiary alicyclic amines) is 1. The van der Waals surface area contributed by atoms with Crippen molar-refractivity contribution in [1.82, 2.24) is 15.1 Å². The van der Waals surface area contributed by atoms with E-state index in [0.717, 1.165) is 29.8 Å². The van der Waals surface area contributed by atoms with Crippen molar-refractivity contribution in [1.29, 1.82) is 0 Å². The van der Waals surface area contributed by atoms with E-state index in [1.54, 1.807) is 24.0 Å². The van der Waals surface area contributed by atoms with Crippen LogP contribution in [-0.2, 0) is 4.79 Å². The number of nitrogens with one attached hydrogen (secondary N) is 1. The lowest BCUT2D eigenvalue weighted by Crippen LogP contribution is -2.51. The molecule has 1 saturated heterocycles. The molecule has 1 aromatic carbocycles. The molecule has 1 N–H and O–H groups in total. The summed E-state index contributed by atoms with van der Waals surface area (Å²) in [6.07, 6.45) is 1.89. The summed E-state index contributed by atoms with van der Waals surface area (Å²) < 4.78 is 0. The lowest BCUT2D eigenvalue weighted by atomic mass is 9.96. The molecule has 2 aliphatic rings. The van der Waals surface area contributed by atoms with E-state index in [9.17, 15) is 14.4 Å². The van der Waals surface area contributed by atoms with Crippen molar-refractivity contribution in [3.8, 4) is 0 Å². The Morgan fingerprint density at radius 3 is 2.48 bits per heavy atom. The minimum Gasteiger partial charge on any atom is -0.341 e. The van der Waals surface area contributed by atoms with Crippen LogP contribution in [0.15, 0.2) is 18.2 Å². The molecule has 6 nitrogen and oxygen atoms in total. The van der Waals surface area contributed by atoms with Gasteiger partial charge in [0.25, 0.3) is 11.8 Å². The molecule has 2 aliphatic heterocycles. The molecule has 0 saturated carbocycles. The number of nitrogens with zero attached hydrogens (tertiary/aromatic N) is 2. The molecular formula is C19H25N3O3. The molecule has 1 fully saturated rings. The van der Waals surface area contributed by atoms with Crippen LogP contribution in [0.5, 0.6) is 0 Å². The number of carbonyl (C=O) groups is 3. The van der Waals surface area contributed by atoms with Crippen LogP contribution in [-0.4, -0.2) is 60.2 Å². The van der Waals surface area contributed by atoms with Crippen molar-refractivity contribution in [2.45, 2.75) is 32.7 Å². The molecule has 1 aromatic rings. The van der Waals surface area contributed by atoms with Crippen molar-refractivity contribution < 1.29 is 14.4 Å². The molecular weight excluding hydrogens is 318 g/mol. The van der Waals surface area contributed by atoms with Gasteiger partial charge >= 0.3 is 0 Å². The van der Waals surface area contributed by atoms with Gasteiger partial charge in [0.15, 0.2) is 0 Å². The third kappa shape index (κ3) is 3.18. The first-order valence-corrected chi connectivity index (χ1v) is 8.86. The average molecular weight is 343 g/mol. The normalized spacial score (nSPS) is 19.3. The highest BCUT2D eigenvalue weighted by molar-refractivity contribution is 6.22. The van der Waals surface area contributed by atoms with Gasteiger partial charge < -0.3 is 10.2 Å². The summed E-state index contributed by atoms with van der Waals surface area (Å²) >= 11 is 0. The van der Waals surface area contributed by atoms with E-state index < -0.39 is 6.04 Å². The number of imide groups is 1. The van der Waals surface area contributed by atoms with Gasteiger partial charge in [0.05, 0.1) is 11.1 Å². The number of hydrogen-bond acceptors (Lipinski definition) is 4. The predicted molar refractivity (Wildman–Crippen MR) is 94.4 cm³/mol. The fourth-order valence-electron chi connectivity index (χ4n) is 3.75. The highest BCUT2D eigenvalue weighted by Gasteiger charge is 2.42. The summed E-state index contributed by atoms with van der Waals surface area (Å²) in [6, 6.07) is 4.43. The average Bonchev–Trinajstić information content (AvgIpc) is 2.85. The molecule has 0 aliphatic carbocycles. The standard InChI is InChI=1S/C19H25N3O3/c1-12-4-5-15-16(10-12)19(25)22(18(15)24)13(2)17(23)21-8-6-14(7-9-21)11-20-3/h4-5,10,13-14,20H,6-9,11H2,1-3H3. The predicted octanol–water partition coefficient (Wildman–Crippen LogP) is 1.44. The first-order chi connectivity index (χ1) is 11.9. The maximum absolute atomic E-state index is 12.8. The molecule has 25 heavy (non-hydrogen) atoms. The third-order valence-electron chi connectivity index (χ3n) is 5.24. The fourth-order valence-corrected chi connectivity index (χ4v) is 3.75. The Balaban J connectivity index is 1.71. The lowest BCUT2D eigenvalue weighted by molar-refractivity contribution is -0.136. The van der Waals surface area contributed by atoms with Gasteiger partial charge in [-0.2, -0.15) is 0 Å². The van der Waals surface area contributed by atoms with Crippen molar-refractivity contribution in [3.63, 3.8) is 0 Å². The summed E-state index contributed by atoms with van der Waals surface area (Å²) in [5.74, 6) is -0.304. The van der Waals surface area contributed by atoms with Gasteiger partial charge in [-0.3, -0.25) is 19.3 Å². The van der Waals surface area contributed by atoms with Crippen LogP contribution in [0.2, 0.25) is 0 Å². The summed E-state index contributed by atoms with van der Waals surface area (Å²) in [7, 11) is 1.93. The first-order valence-electron chi connectivity index (χ1n) is 8.86. The summed E-state index contributed by atoms with van der Waals surface area (Å²) in [5.41, 5.74) is 1.72. The molecule has 134 valence electrons. The number of rotatable bonds is 4. The van der Waals surface area contributed by atoms with Gasteiger partial charge in [0.1, 0.15) is 6.04 Å². The van der Waals surface area contributed by atoms with E-state index in [2.05, 4.69) is 5.32 Å². The highest BCUT2D eigenvalue weighted by Crippen LogP contribution is 2.27. The van der Waals surface area contributed by atoms with Crippen LogP contribution in [0, 0.1) is 12.8 Å². The molecule has 0 aromatic heterocycles. The van der Waals surface area contributed by atoms with Gasteiger partial charge in [-0.25, -0.2) is 0 Å². The maximum Gasteiger partial charge on any atom is 0.262 e. The zero-order valence-corrected chi connectivity index (χ0v) is 15.0. The number of carbonyl (C=O) groups excluding carboxylic acids is 3. The largest absolute Gasteiger partial charge is 0.341 e. The van der Waals surface area contributed by atoms with Crippen molar-refractivity contribution in [3.05, 3.63) is 34.9 Å². The van der Waals surface area contributed by atoms with Gasteiger partial charge in [-0.15, -0.1) is 0 Å². The second-order valence-electron chi connectivity index (χ2n) is 7.03. The minimum atomic E-state index is -0.770. The van der Waals surface area contributed by atoms with Crippen LogP contribution in [0.25, 0.3) is 0 Å². The molecule has 3 rings (SSSR count). The second-order valence-corrected chi connectivity index (χ2v) is 7.03.